The van der Waals surface area contributed by atoms with Crippen LogP contribution >= 0.6 is 0 Å². The predicted molar refractivity (Wildman–Crippen MR) is 81.6 cm³/mol. The van der Waals surface area contributed by atoms with Gasteiger partial charge >= 0.3 is 5.97 Å². The van der Waals surface area contributed by atoms with Crippen molar-refractivity contribution in [1.29, 1.82) is 0 Å². The molecule has 0 fully saturated rings. The van der Waals surface area contributed by atoms with Crippen LogP contribution in [0.2, 0.25) is 0 Å². The summed E-state index contributed by atoms with van der Waals surface area (Å²) in [4.78, 5) is 22.8. The van der Waals surface area contributed by atoms with Crippen molar-refractivity contribution in [2.24, 2.45) is 0 Å². The molecule has 0 atom stereocenters. The van der Waals surface area contributed by atoms with Gasteiger partial charge in [-0.15, -0.1) is 0 Å². The van der Waals surface area contributed by atoms with Gasteiger partial charge in [0.05, 0.1) is 6.42 Å². The topological polar surface area (TPSA) is 66.4 Å². The molecule has 21 heavy (non-hydrogen) atoms. The summed E-state index contributed by atoms with van der Waals surface area (Å²) in [5, 5.41) is 11.6. The van der Waals surface area contributed by atoms with E-state index in [1.54, 1.807) is 36.4 Å². The third-order valence-electron chi connectivity index (χ3n) is 3.16. The highest BCUT2D eigenvalue weighted by atomic mass is 16.4. The lowest BCUT2D eigenvalue weighted by Crippen LogP contribution is -2.12. The summed E-state index contributed by atoms with van der Waals surface area (Å²) in [6, 6.07) is 14.3. The van der Waals surface area contributed by atoms with Crippen LogP contribution in [0.25, 0.3) is 0 Å². The molecule has 4 nitrogen and oxygen atoms in total. The summed E-state index contributed by atoms with van der Waals surface area (Å²) in [6.45, 7) is 2.06. The minimum atomic E-state index is -0.895. The molecule has 2 rings (SSSR count). The molecule has 0 saturated carbocycles. The first kappa shape index (κ1) is 14.8. The van der Waals surface area contributed by atoms with E-state index in [9.17, 15) is 9.59 Å². The number of carboxylic acid groups (broad SMARTS) is 1. The highest BCUT2D eigenvalue weighted by molar-refractivity contribution is 6.04. The van der Waals surface area contributed by atoms with Gasteiger partial charge in [-0.1, -0.05) is 31.2 Å². The second-order valence-corrected chi connectivity index (χ2v) is 4.78. The molecule has 0 radical (unpaired) electrons. The van der Waals surface area contributed by atoms with Crippen molar-refractivity contribution in [3.05, 3.63) is 65.2 Å². The van der Waals surface area contributed by atoms with Gasteiger partial charge in [-0.05, 0) is 41.8 Å². The highest BCUT2D eigenvalue weighted by Gasteiger charge is 2.07. The normalized spacial score (nSPS) is 10.1. The van der Waals surface area contributed by atoms with Crippen LogP contribution in [0.4, 0.5) is 5.69 Å². The van der Waals surface area contributed by atoms with Crippen molar-refractivity contribution >= 4 is 17.6 Å². The Hall–Kier alpha value is -2.62. The lowest BCUT2D eigenvalue weighted by molar-refractivity contribution is -0.136. The van der Waals surface area contributed by atoms with Gasteiger partial charge in [0.1, 0.15) is 0 Å². The van der Waals surface area contributed by atoms with Crippen molar-refractivity contribution in [3.8, 4) is 0 Å². The van der Waals surface area contributed by atoms with Crippen LogP contribution < -0.4 is 5.32 Å². The Bertz CT molecular complexity index is 647. The molecule has 4 heteroatoms. The molecular weight excluding hydrogens is 266 g/mol. The number of carbonyl (C=O) groups excluding carboxylic acids is 1. The predicted octanol–water partition coefficient (Wildman–Crippen LogP) is 3.13. The van der Waals surface area contributed by atoms with Gasteiger partial charge in [-0.2, -0.15) is 0 Å². The molecule has 2 N–H and O–H groups in total. The summed E-state index contributed by atoms with van der Waals surface area (Å²) in [5.74, 6) is -1.10. The molecule has 2 aromatic rings. The van der Waals surface area contributed by atoms with Crippen LogP contribution in [0.3, 0.4) is 0 Å². The fourth-order valence-corrected chi connectivity index (χ4v) is 2.03. The van der Waals surface area contributed by atoms with Gasteiger partial charge in [-0.25, -0.2) is 0 Å². The molecule has 0 aliphatic rings. The maximum Gasteiger partial charge on any atom is 0.307 e. The second-order valence-electron chi connectivity index (χ2n) is 4.78. The molecule has 0 saturated heterocycles. The second kappa shape index (κ2) is 6.70. The molecule has 1 amide bonds. The molecule has 0 aromatic heterocycles. The van der Waals surface area contributed by atoms with E-state index in [4.69, 9.17) is 5.11 Å². The summed E-state index contributed by atoms with van der Waals surface area (Å²) in [5.41, 5.74) is 3.01. The smallest absolute Gasteiger partial charge is 0.307 e. The molecular formula is C17H17NO3. The Balaban J connectivity index is 2.09. The SMILES string of the molecule is CCc1ccc(C(=O)Nc2cccc(CC(=O)O)c2)cc1. The number of nitrogens with one attached hydrogen (secondary N) is 1. The monoisotopic (exact) mass is 283 g/mol. The van der Waals surface area contributed by atoms with E-state index < -0.39 is 5.97 Å². The fourth-order valence-electron chi connectivity index (χ4n) is 2.03. The third-order valence-corrected chi connectivity index (χ3v) is 3.16. The minimum Gasteiger partial charge on any atom is -0.481 e. The Morgan fingerprint density at radius 3 is 2.38 bits per heavy atom. The maximum absolute atomic E-state index is 12.1. The summed E-state index contributed by atoms with van der Waals surface area (Å²) < 4.78 is 0. The van der Waals surface area contributed by atoms with Gasteiger partial charge in [0, 0.05) is 11.3 Å². The zero-order chi connectivity index (χ0) is 15.2. The van der Waals surface area contributed by atoms with Gasteiger partial charge in [0.15, 0.2) is 0 Å². The van der Waals surface area contributed by atoms with E-state index in [0.717, 1.165) is 6.42 Å². The summed E-state index contributed by atoms with van der Waals surface area (Å²) in [6.07, 6.45) is 0.869. The van der Waals surface area contributed by atoms with Crippen molar-refractivity contribution in [2.45, 2.75) is 19.8 Å². The largest absolute Gasteiger partial charge is 0.481 e. The molecule has 2 aromatic carbocycles. The standard InChI is InChI=1S/C17H17NO3/c1-2-12-6-8-14(9-7-12)17(21)18-15-5-3-4-13(10-15)11-16(19)20/h3-10H,2,11H2,1H3,(H,18,21)(H,19,20). The molecule has 108 valence electrons. The lowest BCUT2D eigenvalue weighted by atomic mass is 10.1. The number of hydrogen-bond donors (Lipinski definition) is 2. The average Bonchev–Trinajstić information content (AvgIpc) is 2.47. The quantitative estimate of drug-likeness (QED) is 0.886. The van der Waals surface area contributed by atoms with E-state index in [2.05, 4.69) is 12.2 Å². The van der Waals surface area contributed by atoms with Crippen LogP contribution in [0, 0.1) is 0 Å². The maximum atomic E-state index is 12.1. The Labute approximate surface area is 123 Å². The van der Waals surface area contributed by atoms with E-state index in [1.807, 2.05) is 12.1 Å². The van der Waals surface area contributed by atoms with Crippen molar-refractivity contribution in [3.63, 3.8) is 0 Å². The first-order valence-corrected chi connectivity index (χ1v) is 6.79. The average molecular weight is 283 g/mol. The van der Waals surface area contributed by atoms with Crippen molar-refractivity contribution in [2.75, 3.05) is 5.32 Å². The number of hydrogen-bond acceptors (Lipinski definition) is 2. The van der Waals surface area contributed by atoms with Gasteiger partial charge in [-0.3, -0.25) is 9.59 Å². The van der Waals surface area contributed by atoms with Crippen molar-refractivity contribution < 1.29 is 14.7 Å². The molecule has 0 bridgehead atoms. The Morgan fingerprint density at radius 1 is 1.05 bits per heavy atom. The highest BCUT2D eigenvalue weighted by Crippen LogP contribution is 2.13. The molecule has 0 unspecified atom stereocenters. The number of amides is 1. The minimum absolute atomic E-state index is 0.0606. The third kappa shape index (κ3) is 4.18. The lowest BCUT2D eigenvalue weighted by Gasteiger charge is -2.07. The summed E-state index contributed by atoms with van der Waals surface area (Å²) >= 11 is 0. The molecule has 0 aliphatic heterocycles. The van der Waals surface area contributed by atoms with Crippen LogP contribution in [0.1, 0.15) is 28.4 Å². The number of aryl methyl sites for hydroxylation is 1. The van der Waals surface area contributed by atoms with Crippen molar-refractivity contribution in [1.82, 2.24) is 0 Å². The number of carboxylic acids is 1. The fraction of sp³-hybridized carbons (Fsp3) is 0.176. The Kier molecular flexibility index (Phi) is 4.72. The van der Waals surface area contributed by atoms with E-state index in [-0.39, 0.29) is 12.3 Å². The van der Waals surface area contributed by atoms with E-state index in [0.29, 0.717) is 16.8 Å². The van der Waals surface area contributed by atoms with Crippen LogP contribution in [-0.4, -0.2) is 17.0 Å². The van der Waals surface area contributed by atoms with Crippen LogP contribution in [0.15, 0.2) is 48.5 Å². The van der Waals surface area contributed by atoms with Crippen LogP contribution in [0.5, 0.6) is 0 Å². The number of aliphatic carboxylic acids is 1. The zero-order valence-corrected chi connectivity index (χ0v) is 11.8. The molecule has 0 spiro atoms. The number of anilines is 1. The molecule has 0 heterocycles. The number of rotatable bonds is 5. The van der Waals surface area contributed by atoms with Gasteiger partial charge < -0.3 is 10.4 Å². The Morgan fingerprint density at radius 2 is 1.76 bits per heavy atom. The number of benzene rings is 2. The zero-order valence-electron chi connectivity index (χ0n) is 11.8. The number of carbonyl (C=O) groups is 2. The van der Waals surface area contributed by atoms with Crippen LogP contribution in [-0.2, 0) is 17.6 Å². The van der Waals surface area contributed by atoms with Gasteiger partial charge in [0.25, 0.3) is 5.91 Å². The summed E-state index contributed by atoms with van der Waals surface area (Å²) in [7, 11) is 0. The van der Waals surface area contributed by atoms with E-state index in [1.165, 1.54) is 5.56 Å². The van der Waals surface area contributed by atoms with E-state index >= 15 is 0 Å². The first-order valence-electron chi connectivity index (χ1n) is 6.79. The molecule has 0 aliphatic carbocycles. The first-order chi connectivity index (χ1) is 10.1. The van der Waals surface area contributed by atoms with Gasteiger partial charge in [0.2, 0.25) is 0 Å².